The van der Waals surface area contributed by atoms with Gasteiger partial charge >= 0.3 is 0 Å². The number of carbonyl (C=O) groups excluding carboxylic acids is 1. The number of ether oxygens (including phenoxy) is 1. The zero-order valence-corrected chi connectivity index (χ0v) is 9.50. The van der Waals surface area contributed by atoms with Crippen LogP contribution in [0.1, 0.15) is 32.1 Å². The number of hydrogen-bond donors (Lipinski definition) is 2. The van der Waals surface area contributed by atoms with Gasteiger partial charge in [-0.2, -0.15) is 0 Å². The average molecular weight is 214 g/mol. The first kappa shape index (κ1) is 12.5. The fraction of sp³-hybridized carbons (Fsp3) is 0.909. The van der Waals surface area contributed by atoms with Crippen LogP contribution in [0.5, 0.6) is 0 Å². The van der Waals surface area contributed by atoms with Crippen LogP contribution in [0, 0.1) is 5.92 Å². The van der Waals surface area contributed by atoms with Crippen molar-refractivity contribution in [3.63, 3.8) is 0 Å². The van der Waals surface area contributed by atoms with Crippen LogP contribution < -0.4 is 11.1 Å². The van der Waals surface area contributed by atoms with Gasteiger partial charge < -0.3 is 15.8 Å². The molecule has 0 atom stereocenters. The van der Waals surface area contributed by atoms with E-state index in [1.807, 2.05) is 0 Å². The summed E-state index contributed by atoms with van der Waals surface area (Å²) in [5.74, 6) is 0.711. The highest BCUT2D eigenvalue weighted by atomic mass is 16.5. The molecule has 0 bridgehead atoms. The molecule has 0 heterocycles. The summed E-state index contributed by atoms with van der Waals surface area (Å²) in [6, 6.07) is 0.380. The van der Waals surface area contributed by atoms with Gasteiger partial charge in [0.15, 0.2) is 0 Å². The van der Waals surface area contributed by atoms with Crippen molar-refractivity contribution in [2.75, 3.05) is 20.3 Å². The molecule has 0 aromatic rings. The lowest BCUT2D eigenvalue weighted by atomic mass is 9.86. The molecule has 0 unspecified atom stereocenters. The van der Waals surface area contributed by atoms with Gasteiger partial charge in [-0.25, -0.2) is 0 Å². The van der Waals surface area contributed by atoms with Crippen LogP contribution in [0.25, 0.3) is 0 Å². The van der Waals surface area contributed by atoms with Gasteiger partial charge in [0.05, 0.1) is 6.61 Å². The quantitative estimate of drug-likeness (QED) is 0.706. The summed E-state index contributed by atoms with van der Waals surface area (Å²) >= 11 is 0. The first-order valence-corrected chi connectivity index (χ1v) is 5.73. The first-order valence-electron chi connectivity index (χ1n) is 5.73. The van der Waals surface area contributed by atoms with Crippen molar-refractivity contribution in [3.05, 3.63) is 0 Å². The number of rotatable bonds is 5. The molecule has 0 aliphatic heterocycles. The molecule has 1 saturated carbocycles. The Morgan fingerprint density at radius 3 is 2.67 bits per heavy atom. The number of carbonyl (C=O) groups is 1. The Hall–Kier alpha value is -0.610. The monoisotopic (exact) mass is 214 g/mol. The molecule has 0 aromatic carbocycles. The lowest BCUT2D eigenvalue weighted by Crippen LogP contribution is -2.34. The zero-order chi connectivity index (χ0) is 11.1. The lowest BCUT2D eigenvalue weighted by Gasteiger charge is -2.26. The molecule has 3 N–H and O–H groups in total. The van der Waals surface area contributed by atoms with Crippen LogP contribution >= 0.6 is 0 Å². The van der Waals surface area contributed by atoms with Gasteiger partial charge in [-0.15, -0.1) is 0 Å². The van der Waals surface area contributed by atoms with Crippen LogP contribution in [0.3, 0.4) is 0 Å². The summed E-state index contributed by atoms with van der Waals surface area (Å²) in [6.07, 6.45) is 4.94. The Labute approximate surface area is 91.5 Å². The summed E-state index contributed by atoms with van der Waals surface area (Å²) < 4.78 is 4.84. The van der Waals surface area contributed by atoms with Gasteiger partial charge in [-0.3, -0.25) is 4.79 Å². The Balaban J connectivity index is 2.06. The SMILES string of the molecule is COCCC(=O)NCC1CCC(N)CC1. The maximum absolute atomic E-state index is 11.3. The van der Waals surface area contributed by atoms with E-state index in [4.69, 9.17) is 10.5 Å². The number of amides is 1. The fourth-order valence-electron chi connectivity index (χ4n) is 1.93. The molecule has 1 fully saturated rings. The Morgan fingerprint density at radius 2 is 2.07 bits per heavy atom. The highest BCUT2D eigenvalue weighted by Gasteiger charge is 2.18. The van der Waals surface area contributed by atoms with Crippen molar-refractivity contribution < 1.29 is 9.53 Å². The molecule has 1 rings (SSSR count). The third-order valence-corrected chi connectivity index (χ3v) is 3.01. The predicted molar refractivity (Wildman–Crippen MR) is 59.4 cm³/mol. The van der Waals surface area contributed by atoms with Gasteiger partial charge in [0.2, 0.25) is 5.91 Å². The van der Waals surface area contributed by atoms with Gasteiger partial charge in [0.1, 0.15) is 0 Å². The van der Waals surface area contributed by atoms with E-state index in [2.05, 4.69) is 5.32 Å². The van der Waals surface area contributed by atoms with Crippen molar-refractivity contribution in [3.8, 4) is 0 Å². The van der Waals surface area contributed by atoms with Crippen LogP contribution in [0.4, 0.5) is 0 Å². The van der Waals surface area contributed by atoms with Gasteiger partial charge in [-0.05, 0) is 31.6 Å². The normalized spacial score (nSPS) is 26.3. The fourth-order valence-corrected chi connectivity index (χ4v) is 1.93. The van der Waals surface area contributed by atoms with Crippen molar-refractivity contribution in [2.45, 2.75) is 38.1 Å². The third kappa shape index (κ3) is 5.14. The number of nitrogens with one attached hydrogen (secondary N) is 1. The topological polar surface area (TPSA) is 64.3 Å². The average Bonchev–Trinajstić information content (AvgIpc) is 2.25. The number of nitrogens with two attached hydrogens (primary N) is 1. The second kappa shape index (κ2) is 6.80. The molecule has 4 nitrogen and oxygen atoms in total. The van der Waals surface area contributed by atoms with E-state index in [0.29, 0.717) is 25.0 Å². The minimum absolute atomic E-state index is 0.0896. The number of hydrogen-bond acceptors (Lipinski definition) is 3. The van der Waals surface area contributed by atoms with Crippen molar-refractivity contribution in [2.24, 2.45) is 11.7 Å². The predicted octanol–water partition coefficient (Wildman–Crippen LogP) is 0.657. The molecule has 4 heteroatoms. The molecule has 0 aromatic heterocycles. The Morgan fingerprint density at radius 1 is 1.40 bits per heavy atom. The van der Waals surface area contributed by atoms with E-state index < -0.39 is 0 Å². The summed E-state index contributed by atoms with van der Waals surface area (Å²) in [4.78, 5) is 11.3. The molecule has 1 amide bonds. The minimum Gasteiger partial charge on any atom is -0.384 e. The molecule has 1 aliphatic rings. The van der Waals surface area contributed by atoms with E-state index in [9.17, 15) is 4.79 Å². The molecule has 0 saturated heterocycles. The van der Waals surface area contributed by atoms with Gasteiger partial charge in [0.25, 0.3) is 0 Å². The van der Waals surface area contributed by atoms with Crippen LogP contribution in [0.15, 0.2) is 0 Å². The Bertz CT molecular complexity index is 189. The highest BCUT2D eigenvalue weighted by Crippen LogP contribution is 2.22. The van der Waals surface area contributed by atoms with E-state index in [-0.39, 0.29) is 5.91 Å². The van der Waals surface area contributed by atoms with E-state index in [1.165, 1.54) is 0 Å². The standard InChI is InChI=1S/C11H22N2O2/c1-15-7-6-11(14)13-8-9-2-4-10(12)5-3-9/h9-10H,2-8,12H2,1H3,(H,13,14). The first-order chi connectivity index (χ1) is 7.22. The smallest absolute Gasteiger partial charge is 0.222 e. The van der Waals surface area contributed by atoms with E-state index in [0.717, 1.165) is 32.2 Å². The van der Waals surface area contributed by atoms with Crippen LogP contribution in [-0.4, -0.2) is 32.2 Å². The van der Waals surface area contributed by atoms with E-state index in [1.54, 1.807) is 7.11 Å². The molecule has 0 radical (unpaired) electrons. The lowest BCUT2D eigenvalue weighted by molar-refractivity contribution is -0.122. The van der Waals surface area contributed by atoms with Gasteiger partial charge in [-0.1, -0.05) is 0 Å². The van der Waals surface area contributed by atoms with Gasteiger partial charge in [0, 0.05) is 26.1 Å². The molecule has 1 aliphatic carbocycles. The van der Waals surface area contributed by atoms with Crippen LogP contribution in [-0.2, 0) is 9.53 Å². The van der Waals surface area contributed by atoms with Crippen molar-refractivity contribution in [1.82, 2.24) is 5.32 Å². The van der Waals surface area contributed by atoms with Crippen molar-refractivity contribution >= 4 is 5.91 Å². The van der Waals surface area contributed by atoms with Crippen LogP contribution in [0.2, 0.25) is 0 Å². The third-order valence-electron chi connectivity index (χ3n) is 3.01. The van der Waals surface area contributed by atoms with E-state index >= 15 is 0 Å². The maximum Gasteiger partial charge on any atom is 0.222 e. The summed E-state index contributed by atoms with van der Waals surface area (Å²) in [7, 11) is 1.61. The Kier molecular flexibility index (Phi) is 5.65. The minimum atomic E-state index is 0.0896. The molecular formula is C11H22N2O2. The molecule has 88 valence electrons. The second-order valence-corrected chi connectivity index (χ2v) is 4.33. The summed E-state index contributed by atoms with van der Waals surface area (Å²) in [6.45, 7) is 1.30. The molecule has 0 spiro atoms. The summed E-state index contributed by atoms with van der Waals surface area (Å²) in [5.41, 5.74) is 5.81. The molecule has 15 heavy (non-hydrogen) atoms. The van der Waals surface area contributed by atoms with Crippen molar-refractivity contribution in [1.29, 1.82) is 0 Å². The summed E-state index contributed by atoms with van der Waals surface area (Å²) in [5, 5.41) is 2.94. The largest absolute Gasteiger partial charge is 0.384 e. The number of methoxy groups -OCH3 is 1. The second-order valence-electron chi connectivity index (χ2n) is 4.33. The zero-order valence-electron chi connectivity index (χ0n) is 9.50. The highest BCUT2D eigenvalue weighted by molar-refractivity contribution is 5.75. The molecular weight excluding hydrogens is 192 g/mol. The maximum atomic E-state index is 11.3.